The number of nitrogen functional groups attached to an aromatic ring is 4. The van der Waals surface area contributed by atoms with Gasteiger partial charge >= 0.3 is 5.97 Å². The topological polar surface area (TPSA) is 130 Å². The molecule has 0 aliphatic rings. The molecule has 0 atom stereocenters. The van der Waals surface area contributed by atoms with Crippen LogP contribution in [0, 0.1) is 13.8 Å². The maximum absolute atomic E-state index is 11.8. The summed E-state index contributed by atoms with van der Waals surface area (Å²) in [7, 11) is 0. The maximum Gasteiger partial charge on any atom is 0.343 e. The third-order valence-electron chi connectivity index (χ3n) is 5.45. The molecule has 0 amide bonds. The molecule has 5 aromatic carbocycles. The summed E-state index contributed by atoms with van der Waals surface area (Å²) in [6, 6.07) is 33.3. The van der Waals surface area contributed by atoms with E-state index in [9.17, 15) is 4.79 Å². The highest BCUT2D eigenvalue weighted by Crippen LogP contribution is 2.25. The molecule has 0 heterocycles. The van der Waals surface area contributed by atoms with E-state index in [0.29, 0.717) is 17.0 Å². The fourth-order valence-electron chi connectivity index (χ4n) is 3.30. The lowest BCUT2D eigenvalue weighted by Crippen LogP contribution is -2.08. The number of anilines is 4. The average Bonchev–Trinajstić information content (AvgIpc) is 2.91. The number of carbonyl (C=O) groups excluding carboxylic acids is 1. The summed E-state index contributed by atoms with van der Waals surface area (Å²) in [5, 5.41) is 2.05. The van der Waals surface area contributed by atoms with Gasteiger partial charge in [0.2, 0.25) is 0 Å². The maximum atomic E-state index is 11.8. The number of hydrogen-bond acceptors (Lipinski definition) is 6. The molecule has 0 spiro atoms. The van der Waals surface area contributed by atoms with E-state index in [4.69, 9.17) is 27.7 Å². The van der Waals surface area contributed by atoms with Crippen molar-refractivity contribution in [1.82, 2.24) is 0 Å². The van der Waals surface area contributed by atoms with Gasteiger partial charge in [0.05, 0.1) is 5.56 Å². The number of ether oxygens (including phenoxy) is 1. The Hall–Kier alpha value is -4.97. The zero-order valence-corrected chi connectivity index (χ0v) is 21.0. The number of aryl methyl sites for hydroxylation is 2. The standard InChI is InChI=1S/C14H13NO2.C10H10N2.C7H9N/c1-10-2-4-11(5-3-10)14(16)17-13-8-6-12(15)7-9-13;11-9-5-6-10(12)8-4-2-1-3-7(8)9;1-6-2-4-7(8)5-3-6/h2-9H,15H2,1H3;1-6H,11-12H2;2-5H,8H2,1H3. The summed E-state index contributed by atoms with van der Waals surface area (Å²) in [5.41, 5.74) is 28.4. The summed E-state index contributed by atoms with van der Waals surface area (Å²) >= 11 is 0. The van der Waals surface area contributed by atoms with E-state index in [1.807, 2.05) is 86.6 Å². The highest BCUT2D eigenvalue weighted by atomic mass is 16.5. The van der Waals surface area contributed by atoms with Crippen molar-refractivity contribution in [3.63, 3.8) is 0 Å². The van der Waals surface area contributed by atoms with E-state index in [-0.39, 0.29) is 5.97 Å². The van der Waals surface area contributed by atoms with Gasteiger partial charge in [0.25, 0.3) is 0 Å². The van der Waals surface area contributed by atoms with Gasteiger partial charge in [-0.25, -0.2) is 4.79 Å². The molecule has 0 fully saturated rings. The molecule has 37 heavy (non-hydrogen) atoms. The van der Waals surface area contributed by atoms with Crippen molar-refractivity contribution >= 4 is 39.5 Å². The third kappa shape index (κ3) is 8.04. The molecular weight excluding hydrogens is 460 g/mol. The Kier molecular flexibility index (Phi) is 9.11. The second-order valence-corrected chi connectivity index (χ2v) is 8.52. The van der Waals surface area contributed by atoms with E-state index < -0.39 is 0 Å². The average molecular weight is 493 g/mol. The molecule has 0 saturated heterocycles. The summed E-state index contributed by atoms with van der Waals surface area (Å²) in [5.74, 6) is 0.125. The van der Waals surface area contributed by atoms with Gasteiger partial charge in [-0.1, -0.05) is 59.7 Å². The van der Waals surface area contributed by atoms with Crippen molar-refractivity contribution in [3.05, 3.63) is 126 Å². The van der Waals surface area contributed by atoms with Crippen LogP contribution in [0.2, 0.25) is 0 Å². The number of carbonyl (C=O) groups is 1. The quantitative estimate of drug-likeness (QED) is 0.128. The lowest BCUT2D eigenvalue weighted by Gasteiger charge is -2.04. The van der Waals surface area contributed by atoms with Gasteiger partial charge in [-0.3, -0.25) is 0 Å². The van der Waals surface area contributed by atoms with Crippen LogP contribution in [0.3, 0.4) is 0 Å². The smallest absolute Gasteiger partial charge is 0.343 e. The molecule has 0 aromatic heterocycles. The first kappa shape index (κ1) is 26.6. The molecule has 5 aromatic rings. The van der Waals surface area contributed by atoms with Crippen LogP contribution in [0.1, 0.15) is 21.5 Å². The molecule has 188 valence electrons. The van der Waals surface area contributed by atoms with Crippen molar-refractivity contribution < 1.29 is 9.53 Å². The molecule has 5 rings (SSSR count). The fraction of sp³-hybridized carbons (Fsp3) is 0.0645. The predicted octanol–water partition coefficient (Wildman–Crippen LogP) is 6.38. The summed E-state index contributed by atoms with van der Waals surface area (Å²) in [6.45, 7) is 4.01. The molecule has 6 nitrogen and oxygen atoms in total. The van der Waals surface area contributed by atoms with Crippen LogP contribution in [0.5, 0.6) is 5.75 Å². The molecule has 8 N–H and O–H groups in total. The van der Waals surface area contributed by atoms with Crippen LogP contribution < -0.4 is 27.7 Å². The Morgan fingerprint density at radius 1 is 0.541 bits per heavy atom. The van der Waals surface area contributed by atoms with Gasteiger partial charge in [-0.05, 0) is 74.5 Å². The second kappa shape index (κ2) is 12.7. The van der Waals surface area contributed by atoms with Crippen molar-refractivity contribution in [1.29, 1.82) is 0 Å². The number of benzene rings is 5. The van der Waals surface area contributed by atoms with Crippen LogP contribution in [-0.2, 0) is 0 Å². The van der Waals surface area contributed by atoms with Gasteiger partial charge in [-0.15, -0.1) is 0 Å². The first-order valence-corrected chi connectivity index (χ1v) is 11.7. The molecule has 0 bridgehead atoms. The van der Waals surface area contributed by atoms with Crippen molar-refractivity contribution in [3.8, 4) is 5.75 Å². The Morgan fingerprint density at radius 2 is 0.946 bits per heavy atom. The molecule has 0 radical (unpaired) electrons. The SMILES string of the molecule is Cc1ccc(C(=O)Oc2ccc(N)cc2)cc1.Cc1ccc(N)cc1.Nc1ccc(N)c2ccccc12. The number of rotatable bonds is 2. The Balaban J connectivity index is 0.000000165. The van der Waals surface area contributed by atoms with Gasteiger partial charge in [0.15, 0.2) is 0 Å². The van der Waals surface area contributed by atoms with Crippen molar-refractivity contribution in [2.75, 3.05) is 22.9 Å². The molecule has 6 heteroatoms. The number of fused-ring (bicyclic) bond motifs is 1. The van der Waals surface area contributed by atoms with E-state index in [1.165, 1.54) is 5.56 Å². The van der Waals surface area contributed by atoms with Crippen LogP contribution in [0.25, 0.3) is 10.8 Å². The zero-order chi connectivity index (χ0) is 26.8. The Bertz CT molecular complexity index is 1380. The fourth-order valence-corrected chi connectivity index (χ4v) is 3.30. The zero-order valence-electron chi connectivity index (χ0n) is 21.0. The molecule has 0 saturated carbocycles. The molecule has 0 unspecified atom stereocenters. The molecule has 0 aliphatic heterocycles. The van der Waals surface area contributed by atoms with Gasteiger partial charge in [0.1, 0.15) is 5.75 Å². The number of nitrogens with two attached hydrogens (primary N) is 4. The summed E-state index contributed by atoms with van der Waals surface area (Å²) in [6.07, 6.45) is 0. The summed E-state index contributed by atoms with van der Waals surface area (Å²) < 4.78 is 5.20. The van der Waals surface area contributed by atoms with Crippen LogP contribution in [-0.4, -0.2) is 5.97 Å². The van der Waals surface area contributed by atoms with E-state index in [0.717, 1.165) is 33.4 Å². The monoisotopic (exact) mass is 492 g/mol. The van der Waals surface area contributed by atoms with Crippen LogP contribution in [0.15, 0.2) is 109 Å². The van der Waals surface area contributed by atoms with Gasteiger partial charge in [0, 0.05) is 33.5 Å². The summed E-state index contributed by atoms with van der Waals surface area (Å²) in [4.78, 5) is 11.8. The number of hydrogen-bond donors (Lipinski definition) is 4. The largest absolute Gasteiger partial charge is 0.423 e. The van der Waals surface area contributed by atoms with Crippen molar-refractivity contribution in [2.45, 2.75) is 13.8 Å². The van der Waals surface area contributed by atoms with E-state index in [1.54, 1.807) is 36.4 Å². The highest BCUT2D eigenvalue weighted by molar-refractivity contribution is 6.00. The highest BCUT2D eigenvalue weighted by Gasteiger charge is 2.07. The first-order chi connectivity index (χ1) is 17.7. The van der Waals surface area contributed by atoms with Crippen molar-refractivity contribution in [2.24, 2.45) is 0 Å². The van der Waals surface area contributed by atoms with E-state index >= 15 is 0 Å². The Morgan fingerprint density at radius 3 is 1.38 bits per heavy atom. The predicted molar refractivity (Wildman–Crippen MR) is 155 cm³/mol. The number of esters is 1. The molecule has 0 aliphatic carbocycles. The lowest BCUT2D eigenvalue weighted by atomic mass is 10.1. The van der Waals surface area contributed by atoms with Crippen LogP contribution >= 0.6 is 0 Å². The van der Waals surface area contributed by atoms with Gasteiger partial charge < -0.3 is 27.7 Å². The molecular formula is C31H32N4O2. The minimum Gasteiger partial charge on any atom is -0.423 e. The first-order valence-electron chi connectivity index (χ1n) is 11.7. The van der Waals surface area contributed by atoms with E-state index in [2.05, 4.69) is 0 Å². The normalized spacial score (nSPS) is 9.89. The Labute approximate surface area is 217 Å². The third-order valence-corrected chi connectivity index (χ3v) is 5.45. The van der Waals surface area contributed by atoms with Crippen LogP contribution in [0.4, 0.5) is 22.7 Å². The minimum atomic E-state index is -0.366. The van der Waals surface area contributed by atoms with Gasteiger partial charge in [-0.2, -0.15) is 0 Å². The minimum absolute atomic E-state index is 0.366. The lowest BCUT2D eigenvalue weighted by molar-refractivity contribution is 0.0735. The second-order valence-electron chi connectivity index (χ2n) is 8.52.